The van der Waals surface area contributed by atoms with Gasteiger partial charge in [0.15, 0.2) is 5.78 Å². The molecule has 0 aliphatic rings. The van der Waals surface area contributed by atoms with Gasteiger partial charge in [-0.3, -0.25) is 4.79 Å². The predicted octanol–water partition coefficient (Wildman–Crippen LogP) is 2.30. The third kappa shape index (κ3) is 1.87. The van der Waals surface area contributed by atoms with E-state index in [4.69, 9.17) is 0 Å². The largest absolute Gasteiger partial charge is 0.294 e. The molecule has 0 amide bonds. The Labute approximate surface area is 70.3 Å². The molecule has 0 radical (unpaired) electrons. The van der Waals surface area contributed by atoms with E-state index < -0.39 is 0 Å². The highest BCUT2D eigenvalue weighted by atomic mass is 32.1. The van der Waals surface area contributed by atoms with Gasteiger partial charge in [0.1, 0.15) is 0 Å². The Hall–Kier alpha value is -0.700. The van der Waals surface area contributed by atoms with Crippen LogP contribution in [-0.2, 0) is 6.42 Å². The summed E-state index contributed by atoms with van der Waals surface area (Å²) < 4.78 is 0. The Morgan fingerprint density at radius 2 is 2.45 bits per heavy atom. The van der Waals surface area contributed by atoms with Gasteiger partial charge < -0.3 is 0 Å². The van der Waals surface area contributed by atoms with Gasteiger partial charge in [-0.1, -0.05) is 13.3 Å². The number of Topliss-reactive ketones (excluding diaryl/α,β-unsaturated/α-hetero) is 1. The number of ketones is 1. The molecule has 0 bridgehead atoms. The summed E-state index contributed by atoms with van der Waals surface area (Å²) >= 11 is 1.44. The van der Waals surface area contributed by atoms with Crippen LogP contribution in [0.25, 0.3) is 0 Å². The van der Waals surface area contributed by atoms with Crippen LogP contribution >= 0.6 is 11.3 Å². The number of nitrogens with zero attached hydrogens (tertiary/aromatic N) is 1. The number of aryl methyl sites for hydroxylation is 1. The molecule has 0 aliphatic carbocycles. The second kappa shape index (κ2) is 3.62. The Balaban J connectivity index is 2.87. The summed E-state index contributed by atoms with van der Waals surface area (Å²) in [6.45, 7) is 3.68. The smallest absolute Gasteiger partial charge is 0.171 e. The maximum Gasteiger partial charge on any atom is 0.171 e. The molecule has 0 saturated heterocycles. The fourth-order valence-corrected chi connectivity index (χ4v) is 1.71. The first-order valence-electron chi connectivity index (χ1n) is 3.69. The standard InChI is InChI=1S/C8H11NOS/c1-3-4-7-8(6(2)10)11-5-9-7/h5H,3-4H2,1-2H3. The van der Waals surface area contributed by atoms with Crippen molar-refractivity contribution < 1.29 is 4.79 Å². The van der Waals surface area contributed by atoms with E-state index in [2.05, 4.69) is 11.9 Å². The summed E-state index contributed by atoms with van der Waals surface area (Å²) in [5.41, 5.74) is 2.70. The van der Waals surface area contributed by atoms with Crippen LogP contribution in [0.1, 0.15) is 35.6 Å². The summed E-state index contributed by atoms with van der Waals surface area (Å²) in [6, 6.07) is 0. The summed E-state index contributed by atoms with van der Waals surface area (Å²) in [5, 5.41) is 0. The number of aromatic nitrogens is 1. The van der Waals surface area contributed by atoms with Gasteiger partial charge in [-0.25, -0.2) is 4.98 Å². The van der Waals surface area contributed by atoms with Crippen LogP contribution < -0.4 is 0 Å². The molecule has 0 aromatic carbocycles. The molecule has 0 saturated carbocycles. The van der Waals surface area contributed by atoms with E-state index in [0.717, 1.165) is 23.4 Å². The minimum absolute atomic E-state index is 0.135. The van der Waals surface area contributed by atoms with Crippen molar-refractivity contribution >= 4 is 17.1 Å². The zero-order valence-corrected chi connectivity index (χ0v) is 7.57. The third-order valence-corrected chi connectivity index (χ3v) is 2.42. The lowest BCUT2D eigenvalue weighted by atomic mass is 10.2. The van der Waals surface area contributed by atoms with Crippen LogP contribution in [0.5, 0.6) is 0 Å². The van der Waals surface area contributed by atoms with E-state index in [9.17, 15) is 4.79 Å². The van der Waals surface area contributed by atoms with Crippen molar-refractivity contribution in [1.82, 2.24) is 4.98 Å². The van der Waals surface area contributed by atoms with Crippen molar-refractivity contribution in [3.05, 3.63) is 16.1 Å². The van der Waals surface area contributed by atoms with Crippen LogP contribution in [0.4, 0.5) is 0 Å². The van der Waals surface area contributed by atoms with E-state index in [0.29, 0.717) is 0 Å². The van der Waals surface area contributed by atoms with E-state index in [1.807, 2.05) is 0 Å². The van der Waals surface area contributed by atoms with Gasteiger partial charge in [0.2, 0.25) is 0 Å². The van der Waals surface area contributed by atoms with E-state index >= 15 is 0 Å². The highest BCUT2D eigenvalue weighted by Gasteiger charge is 2.08. The first-order chi connectivity index (χ1) is 5.25. The van der Waals surface area contributed by atoms with Gasteiger partial charge in [0, 0.05) is 6.92 Å². The van der Waals surface area contributed by atoms with Crippen molar-refractivity contribution in [2.75, 3.05) is 0 Å². The minimum Gasteiger partial charge on any atom is -0.294 e. The lowest BCUT2D eigenvalue weighted by Crippen LogP contribution is -1.94. The Morgan fingerprint density at radius 3 is 3.00 bits per heavy atom. The molecular weight excluding hydrogens is 158 g/mol. The highest BCUT2D eigenvalue weighted by molar-refractivity contribution is 7.11. The molecule has 0 spiro atoms. The summed E-state index contributed by atoms with van der Waals surface area (Å²) in [5.74, 6) is 0.135. The molecule has 3 heteroatoms. The van der Waals surface area contributed by atoms with Crippen LogP contribution in [0.2, 0.25) is 0 Å². The Morgan fingerprint density at radius 1 is 1.73 bits per heavy atom. The van der Waals surface area contributed by atoms with Gasteiger partial charge in [0.05, 0.1) is 16.1 Å². The fraction of sp³-hybridized carbons (Fsp3) is 0.500. The summed E-state index contributed by atoms with van der Waals surface area (Å²) in [6.07, 6.45) is 1.96. The first-order valence-corrected chi connectivity index (χ1v) is 4.57. The van der Waals surface area contributed by atoms with Gasteiger partial charge in [0.25, 0.3) is 0 Å². The predicted molar refractivity (Wildman–Crippen MR) is 46.1 cm³/mol. The normalized spacial score (nSPS) is 10.0. The Kier molecular flexibility index (Phi) is 2.76. The number of carbonyl (C=O) groups excluding carboxylic acids is 1. The molecule has 0 aliphatic heterocycles. The fourth-order valence-electron chi connectivity index (χ4n) is 0.970. The van der Waals surface area contributed by atoms with Crippen molar-refractivity contribution in [1.29, 1.82) is 0 Å². The Bertz CT molecular complexity index is 254. The zero-order chi connectivity index (χ0) is 8.27. The lowest BCUT2D eigenvalue weighted by Gasteiger charge is -1.93. The van der Waals surface area contributed by atoms with Gasteiger partial charge in [-0.15, -0.1) is 11.3 Å². The summed E-state index contributed by atoms with van der Waals surface area (Å²) in [7, 11) is 0. The van der Waals surface area contributed by atoms with Crippen LogP contribution in [0, 0.1) is 0 Å². The van der Waals surface area contributed by atoms with Crippen LogP contribution in [0.15, 0.2) is 5.51 Å². The van der Waals surface area contributed by atoms with Crippen LogP contribution in [-0.4, -0.2) is 10.8 Å². The number of rotatable bonds is 3. The SMILES string of the molecule is CCCc1ncsc1C(C)=O. The molecule has 1 heterocycles. The monoisotopic (exact) mass is 169 g/mol. The summed E-state index contributed by atoms with van der Waals surface area (Å²) in [4.78, 5) is 15.9. The lowest BCUT2D eigenvalue weighted by molar-refractivity contribution is 0.102. The number of hydrogen-bond acceptors (Lipinski definition) is 3. The number of thiazole rings is 1. The number of carbonyl (C=O) groups is 1. The second-order valence-corrected chi connectivity index (χ2v) is 3.29. The molecule has 0 fully saturated rings. The topological polar surface area (TPSA) is 30.0 Å². The maximum atomic E-state index is 11.0. The van der Waals surface area contributed by atoms with Gasteiger partial charge in [-0.05, 0) is 6.42 Å². The van der Waals surface area contributed by atoms with E-state index in [-0.39, 0.29) is 5.78 Å². The maximum absolute atomic E-state index is 11.0. The highest BCUT2D eigenvalue weighted by Crippen LogP contribution is 2.15. The van der Waals surface area contributed by atoms with Crippen LogP contribution in [0.3, 0.4) is 0 Å². The molecule has 0 atom stereocenters. The molecule has 0 N–H and O–H groups in total. The molecule has 0 unspecified atom stereocenters. The minimum atomic E-state index is 0.135. The van der Waals surface area contributed by atoms with E-state index in [1.54, 1.807) is 12.4 Å². The zero-order valence-electron chi connectivity index (χ0n) is 6.76. The van der Waals surface area contributed by atoms with Crippen molar-refractivity contribution in [3.63, 3.8) is 0 Å². The van der Waals surface area contributed by atoms with Crippen molar-refractivity contribution in [3.8, 4) is 0 Å². The quantitative estimate of drug-likeness (QED) is 0.650. The molecular formula is C8H11NOS. The molecule has 1 aromatic heterocycles. The molecule has 2 nitrogen and oxygen atoms in total. The molecule has 60 valence electrons. The van der Waals surface area contributed by atoms with Gasteiger partial charge in [-0.2, -0.15) is 0 Å². The molecule has 1 rings (SSSR count). The second-order valence-electron chi connectivity index (χ2n) is 2.43. The van der Waals surface area contributed by atoms with E-state index in [1.165, 1.54) is 11.3 Å². The first kappa shape index (κ1) is 8.40. The van der Waals surface area contributed by atoms with Gasteiger partial charge >= 0.3 is 0 Å². The average Bonchev–Trinajstić information content (AvgIpc) is 2.36. The number of hydrogen-bond donors (Lipinski definition) is 0. The average molecular weight is 169 g/mol. The molecule has 1 aromatic rings. The third-order valence-electron chi connectivity index (χ3n) is 1.45. The van der Waals surface area contributed by atoms with Crippen molar-refractivity contribution in [2.45, 2.75) is 26.7 Å². The van der Waals surface area contributed by atoms with Crippen molar-refractivity contribution in [2.24, 2.45) is 0 Å². The molecule has 11 heavy (non-hydrogen) atoms.